The van der Waals surface area contributed by atoms with E-state index < -0.39 is 0 Å². The van der Waals surface area contributed by atoms with Crippen molar-refractivity contribution in [3.8, 4) is 0 Å². The van der Waals surface area contributed by atoms with Crippen LogP contribution in [0.2, 0.25) is 0 Å². The number of rotatable bonds is 0. The monoisotopic (exact) mass is 274 g/mol. The topological polar surface area (TPSA) is 0 Å². The average Bonchev–Trinajstić information content (AvgIpc) is 0.918. The molecule has 28 valence electrons. The van der Waals surface area contributed by atoms with Gasteiger partial charge in [-0.25, -0.2) is 0 Å². The van der Waals surface area contributed by atoms with E-state index >= 15 is 0 Å². The minimum Gasteiger partial charge on any atom is -0.436 e. The van der Waals surface area contributed by atoms with Gasteiger partial charge >= 0.3 is 22.4 Å². The third-order valence-corrected chi connectivity index (χ3v) is 0. The van der Waals surface area contributed by atoms with E-state index in [9.17, 15) is 0 Å². The fourth-order valence-corrected chi connectivity index (χ4v) is 0. The van der Waals surface area contributed by atoms with Crippen LogP contribution in [-0.2, 0) is 35.0 Å². The number of thiocarbonyl (C=S) groups is 1. The van der Waals surface area contributed by atoms with Crippen molar-refractivity contribution in [2.75, 3.05) is 0 Å². The Hall–Kier alpha value is 1.05. The predicted octanol–water partition coefficient (Wildman–Crippen LogP) is 0.488. The van der Waals surface area contributed by atoms with Gasteiger partial charge in [0.05, 0.1) is 0 Å². The van der Waals surface area contributed by atoms with E-state index in [0.717, 1.165) is 0 Å². The summed E-state index contributed by atoms with van der Waals surface area (Å²) in [4.78, 5) is 0. The van der Waals surface area contributed by atoms with Gasteiger partial charge in [0.25, 0.3) is 0 Å². The molecular weight excluding hydrogens is 273 g/mol. The van der Waals surface area contributed by atoms with E-state index in [0.29, 0.717) is 0 Å². The van der Waals surface area contributed by atoms with Gasteiger partial charge in [-0.2, -0.15) is 4.70 Å². The van der Waals surface area contributed by atoms with E-state index in [-0.39, 0.29) is 22.4 Å². The Morgan fingerprint density at radius 1 is 1.75 bits per heavy atom. The zero-order chi connectivity index (χ0) is 2.71. The van der Waals surface area contributed by atoms with Crippen molar-refractivity contribution >= 4 is 29.5 Å². The fraction of sp³-hybridized carbons (Fsp3) is 0. The van der Waals surface area contributed by atoms with Gasteiger partial charge in [0.15, 0.2) is 0 Å². The van der Waals surface area contributed by atoms with Crippen molar-refractivity contribution in [2.24, 2.45) is 0 Å². The van der Waals surface area contributed by atoms with Crippen molar-refractivity contribution in [3.05, 3.63) is 0 Å². The summed E-state index contributed by atoms with van der Waals surface area (Å²) in [6.07, 6.45) is 0. The number of hydrogen-bond acceptors (Lipinski definition) is 2. The molecular formula is CHAuS2. The van der Waals surface area contributed by atoms with Crippen LogP contribution in [0.5, 0.6) is 0 Å². The van der Waals surface area contributed by atoms with Crippen molar-refractivity contribution in [1.82, 2.24) is 0 Å². The molecule has 0 radical (unpaired) electrons. The molecule has 0 rings (SSSR count). The van der Waals surface area contributed by atoms with Gasteiger partial charge in [0.2, 0.25) is 0 Å². The second-order valence-corrected chi connectivity index (χ2v) is 0.866. The molecule has 0 saturated heterocycles. The van der Waals surface area contributed by atoms with Crippen molar-refractivity contribution in [3.63, 3.8) is 0 Å². The molecule has 0 aromatic rings. The molecule has 0 N–H and O–H groups in total. The maximum atomic E-state index is 4.08. The molecule has 0 aromatic carbocycles. The van der Waals surface area contributed by atoms with E-state index in [2.05, 4.69) is 24.8 Å². The first-order chi connectivity index (χ1) is 1.41. The van der Waals surface area contributed by atoms with Crippen LogP contribution in [0.15, 0.2) is 0 Å². The summed E-state index contributed by atoms with van der Waals surface area (Å²) >= 11 is 8.17. The predicted molar refractivity (Wildman–Crippen MR) is 21.0 cm³/mol. The quantitative estimate of drug-likeness (QED) is 0.358. The molecule has 4 heavy (non-hydrogen) atoms. The summed E-state index contributed by atoms with van der Waals surface area (Å²) in [7, 11) is 0. The first kappa shape index (κ1) is 8.90. The summed E-state index contributed by atoms with van der Waals surface area (Å²) < 4.78 is 1.17. The Bertz CT molecular complexity index is 13.5. The van der Waals surface area contributed by atoms with Crippen LogP contribution >= 0.6 is 12.2 Å². The molecule has 0 saturated carbocycles. The average molecular weight is 274 g/mol. The summed E-state index contributed by atoms with van der Waals surface area (Å²) in [6, 6.07) is 0. The Morgan fingerprint density at radius 2 is 1.75 bits per heavy atom. The molecule has 0 bridgehead atoms. The molecule has 0 aromatic heterocycles. The minimum absolute atomic E-state index is 0. The maximum Gasteiger partial charge on any atom is 1.00 e. The van der Waals surface area contributed by atoms with E-state index in [1.165, 1.54) is 4.70 Å². The first-order valence-electron chi connectivity index (χ1n) is 0.471. The van der Waals surface area contributed by atoms with E-state index in [1.54, 1.807) is 0 Å². The molecule has 0 heterocycles. The van der Waals surface area contributed by atoms with Gasteiger partial charge in [0.1, 0.15) is 0 Å². The van der Waals surface area contributed by atoms with Gasteiger partial charge in [-0.05, 0) is 0 Å². The largest absolute Gasteiger partial charge is 1.00 e. The van der Waals surface area contributed by atoms with E-state index in [1.807, 2.05) is 0 Å². The molecule has 0 unspecified atom stereocenters. The smallest absolute Gasteiger partial charge is 0.436 e. The zero-order valence-electron chi connectivity index (χ0n) is 1.70. The molecule has 0 amide bonds. The summed E-state index contributed by atoms with van der Waals surface area (Å²) in [6.45, 7) is 0. The summed E-state index contributed by atoms with van der Waals surface area (Å²) in [5, 5.41) is 0. The SMILES string of the molecule is S=C[S-].[Au+]. The summed E-state index contributed by atoms with van der Waals surface area (Å²) in [5.41, 5.74) is 0. The van der Waals surface area contributed by atoms with Crippen molar-refractivity contribution < 1.29 is 22.4 Å². The molecule has 0 aliphatic carbocycles. The maximum absolute atomic E-state index is 4.08. The van der Waals surface area contributed by atoms with Crippen LogP contribution in [0.4, 0.5) is 0 Å². The first-order valence-corrected chi connectivity index (χ1v) is 1.41. The van der Waals surface area contributed by atoms with Crippen LogP contribution < -0.4 is 0 Å². The molecule has 0 nitrogen and oxygen atoms in total. The Balaban J connectivity index is 0. The van der Waals surface area contributed by atoms with E-state index in [4.69, 9.17) is 0 Å². The van der Waals surface area contributed by atoms with Crippen LogP contribution in [0.1, 0.15) is 0 Å². The normalized spacial score (nSPS) is 3.00. The van der Waals surface area contributed by atoms with Gasteiger partial charge in [-0.15, -0.1) is 0 Å². The molecule has 0 atom stereocenters. The standard InChI is InChI=1S/CH2S2.Au/c2-1-3;/h1H,(H,2,3);/q;+1/p-1. The van der Waals surface area contributed by atoms with Crippen LogP contribution in [0.25, 0.3) is 0 Å². The minimum atomic E-state index is 0. The van der Waals surface area contributed by atoms with Gasteiger partial charge in [-0.1, -0.05) is 0 Å². The fourth-order valence-electron chi connectivity index (χ4n) is 0. The zero-order valence-corrected chi connectivity index (χ0v) is 5.49. The molecule has 0 fully saturated rings. The number of hydrogen-bond donors (Lipinski definition) is 0. The van der Waals surface area contributed by atoms with Crippen molar-refractivity contribution in [1.29, 1.82) is 0 Å². The van der Waals surface area contributed by atoms with Crippen LogP contribution in [0, 0.1) is 0 Å². The second-order valence-electron chi connectivity index (χ2n) is 0.0962. The van der Waals surface area contributed by atoms with Crippen LogP contribution in [-0.4, -0.2) is 4.70 Å². The van der Waals surface area contributed by atoms with Gasteiger partial charge in [-0.3, -0.25) is 0 Å². The Morgan fingerprint density at radius 3 is 1.75 bits per heavy atom. The second kappa shape index (κ2) is 8.96. The summed E-state index contributed by atoms with van der Waals surface area (Å²) in [5.74, 6) is 0. The Labute approximate surface area is 51.9 Å². The van der Waals surface area contributed by atoms with Gasteiger partial charge < -0.3 is 24.8 Å². The Kier molecular flexibility index (Phi) is 20.0. The van der Waals surface area contributed by atoms with Crippen LogP contribution in [0.3, 0.4) is 0 Å². The third-order valence-electron chi connectivity index (χ3n) is 0. The third kappa shape index (κ3) is 11.6. The molecule has 3 heteroatoms. The molecule has 0 aliphatic heterocycles. The van der Waals surface area contributed by atoms with Gasteiger partial charge in [0, 0.05) is 0 Å². The molecule has 0 spiro atoms. The molecule has 0 aliphatic rings. The van der Waals surface area contributed by atoms with Crippen molar-refractivity contribution in [2.45, 2.75) is 0 Å².